The maximum Gasteiger partial charge on any atom is 0.308 e. The molecule has 1 fully saturated rings. The van der Waals surface area contributed by atoms with Crippen LogP contribution in [-0.4, -0.2) is 51.9 Å². The molecule has 0 bridgehead atoms. The van der Waals surface area contributed by atoms with E-state index in [-0.39, 0.29) is 24.6 Å². The predicted molar refractivity (Wildman–Crippen MR) is 97.4 cm³/mol. The maximum absolute atomic E-state index is 12.5. The lowest BCUT2D eigenvalue weighted by atomic mass is 9.98. The molecule has 2 heterocycles. The van der Waals surface area contributed by atoms with Crippen molar-refractivity contribution in [3.8, 4) is 17.0 Å². The van der Waals surface area contributed by atoms with Crippen LogP contribution in [0.1, 0.15) is 12.8 Å². The third-order valence-corrected chi connectivity index (χ3v) is 4.64. The van der Waals surface area contributed by atoms with Gasteiger partial charge in [-0.2, -0.15) is 5.10 Å². The molecule has 2 aromatic rings. The van der Waals surface area contributed by atoms with Gasteiger partial charge in [-0.3, -0.25) is 14.4 Å². The zero-order chi connectivity index (χ0) is 19.4. The lowest BCUT2D eigenvalue weighted by Crippen LogP contribution is -2.44. The third-order valence-electron chi connectivity index (χ3n) is 4.64. The van der Waals surface area contributed by atoms with Gasteiger partial charge in [0.25, 0.3) is 5.56 Å². The number of carbonyl (C=O) groups is 2. The molecular weight excluding hydrogens is 350 g/mol. The van der Waals surface area contributed by atoms with E-state index in [0.29, 0.717) is 30.8 Å². The van der Waals surface area contributed by atoms with E-state index in [9.17, 15) is 14.4 Å². The average molecular weight is 371 g/mol. The van der Waals surface area contributed by atoms with Crippen LogP contribution in [0.25, 0.3) is 11.3 Å². The van der Waals surface area contributed by atoms with Gasteiger partial charge in [-0.25, -0.2) is 4.68 Å². The minimum absolute atomic E-state index is 0.165. The standard InChI is InChI=1S/C19H21N3O5/c1-27-15-6-2-4-13(10-15)16-7-8-17(23)22(20-16)12-18(24)21-9-3-5-14(11-21)19(25)26/h2,4,6-8,10,14H,3,5,9,11-12H2,1H3,(H,25,26). The number of amides is 1. The maximum atomic E-state index is 12.5. The largest absolute Gasteiger partial charge is 0.497 e. The van der Waals surface area contributed by atoms with Gasteiger partial charge >= 0.3 is 5.97 Å². The molecule has 0 saturated carbocycles. The fraction of sp³-hybridized carbons (Fsp3) is 0.368. The van der Waals surface area contributed by atoms with Crippen molar-refractivity contribution in [2.24, 2.45) is 5.92 Å². The van der Waals surface area contributed by atoms with Gasteiger partial charge in [0.05, 0.1) is 18.7 Å². The van der Waals surface area contributed by atoms with Gasteiger partial charge in [0, 0.05) is 24.7 Å². The first-order chi connectivity index (χ1) is 13.0. The number of nitrogens with zero attached hydrogens (tertiary/aromatic N) is 3. The number of carboxylic acids is 1. The van der Waals surface area contributed by atoms with Crippen molar-refractivity contribution in [3.05, 3.63) is 46.8 Å². The summed E-state index contributed by atoms with van der Waals surface area (Å²) in [5.74, 6) is -1.10. The molecule has 0 spiro atoms. The van der Waals surface area contributed by atoms with Gasteiger partial charge in [-0.05, 0) is 31.0 Å². The molecule has 0 aliphatic carbocycles. The number of carboxylic acid groups (broad SMARTS) is 1. The summed E-state index contributed by atoms with van der Waals surface area (Å²) in [5.41, 5.74) is 0.921. The SMILES string of the molecule is COc1cccc(-c2ccc(=O)n(CC(=O)N3CCCC(C(=O)O)C3)n2)c1. The molecule has 1 N–H and O–H groups in total. The summed E-state index contributed by atoms with van der Waals surface area (Å²) in [4.78, 5) is 37.3. The molecule has 1 saturated heterocycles. The van der Waals surface area contributed by atoms with Crippen LogP contribution in [-0.2, 0) is 16.1 Å². The van der Waals surface area contributed by atoms with Gasteiger partial charge in [0.15, 0.2) is 0 Å². The van der Waals surface area contributed by atoms with Gasteiger partial charge in [0.2, 0.25) is 5.91 Å². The zero-order valence-corrected chi connectivity index (χ0v) is 15.0. The van der Waals surface area contributed by atoms with E-state index in [4.69, 9.17) is 9.84 Å². The molecule has 3 rings (SSSR count). The van der Waals surface area contributed by atoms with Crippen molar-refractivity contribution in [1.82, 2.24) is 14.7 Å². The highest BCUT2D eigenvalue weighted by molar-refractivity contribution is 5.77. The Morgan fingerprint density at radius 3 is 2.85 bits per heavy atom. The van der Waals surface area contributed by atoms with Crippen LogP contribution in [0.4, 0.5) is 0 Å². The van der Waals surface area contributed by atoms with E-state index in [1.54, 1.807) is 25.3 Å². The molecule has 8 heteroatoms. The molecule has 1 aromatic heterocycles. The number of carbonyl (C=O) groups excluding carboxylic acids is 1. The second-order valence-electron chi connectivity index (χ2n) is 6.46. The topological polar surface area (TPSA) is 102 Å². The number of aliphatic carboxylic acids is 1. The van der Waals surface area contributed by atoms with E-state index in [1.165, 1.54) is 11.0 Å². The molecular formula is C19H21N3O5. The second-order valence-corrected chi connectivity index (χ2v) is 6.46. The highest BCUT2D eigenvalue weighted by Crippen LogP contribution is 2.21. The van der Waals surface area contributed by atoms with Gasteiger partial charge < -0.3 is 14.7 Å². The molecule has 1 atom stereocenters. The Morgan fingerprint density at radius 2 is 2.11 bits per heavy atom. The smallest absolute Gasteiger partial charge is 0.308 e. The number of benzene rings is 1. The second kappa shape index (κ2) is 8.03. The van der Waals surface area contributed by atoms with E-state index in [1.807, 2.05) is 12.1 Å². The van der Waals surface area contributed by atoms with E-state index in [2.05, 4.69) is 5.10 Å². The van der Waals surface area contributed by atoms with Crippen LogP contribution in [0, 0.1) is 5.92 Å². The van der Waals surface area contributed by atoms with Crippen molar-refractivity contribution in [2.45, 2.75) is 19.4 Å². The number of piperidine rings is 1. The fourth-order valence-electron chi connectivity index (χ4n) is 3.13. The molecule has 1 aliphatic heterocycles. The van der Waals surface area contributed by atoms with E-state index >= 15 is 0 Å². The first-order valence-corrected chi connectivity index (χ1v) is 8.71. The highest BCUT2D eigenvalue weighted by Gasteiger charge is 2.28. The number of hydrogen-bond donors (Lipinski definition) is 1. The van der Waals surface area contributed by atoms with Crippen molar-refractivity contribution >= 4 is 11.9 Å². The molecule has 0 radical (unpaired) electrons. The van der Waals surface area contributed by atoms with Crippen LogP contribution in [0.2, 0.25) is 0 Å². The number of aromatic nitrogens is 2. The summed E-state index contributed by atoms with van der Waals surface area (Å²) in [5, 5.41) is 13.5. The van der Waals surface area contributed by atoms with Crippen molar-refractivity contribution in [3.63, 3.8) is 0 Å². The quantitative estimate of drug-likeness (QED) is 0.849. The van der Waals surface area contributed by atoms with Crippen LogP contribution in [0.15, 0.2) is 41.2 Å². The minimum atomic E-state index is -0.900. The summed E-state index contributed by atoms with van der Waals surface area (Å²) in [6.45, 7) is 0.439. The van der Waals surface area contributed by atoms with Crippen LogP contribution in [0.5, 0.6) is 5.75 Å². The first kappa shape index (κ1) is 18.6. The Kier molecular flexibility index (Phi) is 5.54. The minimum Gasteiger partial charge on any atom is -0.497 e. The number of ether oxygens (including phenoxy) is 1. The Labute approximate surface area is 156 Å². The van der Waals surface area contributed by atoms with E-state index in [0.717, 1.165) is 10.2 Å². The van der Waals surface area contributed by atoms with Gasteiger partial charge in [0.1, 0.15) is 12.3 Å². The average Bonchev–Trinajstić information content (AvgIpc) is 2.69. The summed E-state index contributed by atoms with van der Waals surface area (Å²) >= 11 is 0. The summed E-state index contributed by atoms with van der Waals surface area (Å²) in [6, 6.07) is 10.2. The lowest BCUT2D eigenvalue weighted by Gasteiger charge is -2.30. The lowest BCUT2D eigenvalue weighted by molar-refractivity contribution is -0.145. The highest BCUT2D eigenvalue weighted by atomic mass is 16.5. The van der Waals surface area contributed by atoms with E-state index < -0.39 is 11.9 Å². The van der Waals surface area contributed by atoms with Crippen molar-refractivity contribution in [2.75, 3.05) is 20.2 Å². The Bertz CT molecular complexity index is 908. The number of rotatable bonds is 5. The summed E-state index contributed by atoms with van der Waals surface area (Å²) in [7, 11) is 1.56. The van der Waals surface area contributed by atoms with Crippen molar-refractivity contribution in [1.29, 1.82) is 0 Å². The van der Waals surface area contributed by atoms with Crippen LogP contribution < -0.4 is 10.3 Å². The molecule has 27 heavy (non-hydrogen) atoms. The molecule has 1 aromatic carbocycles. The van der Waals surface area contributed by atoms with Crippen LogP contribution >= 0.6 is 0 Å². The Balaban J connectivity index is 1.79. The summed E-state index contributed by atoms with van der Waals surface area (Å²) in [6.07, 6.45) is 1.19. The molecule has 142 valence electrons. The first-order valence-electron chi connectivity index (χ1n) is 8.71. The molecule has 1 amide bonds. The predicted octanol–water partition coefficient (Wildman–Crippen LogP) is 1.24. The number of likely N-dealkylation sites (tertiary alicyclic amines) is 1. The zero-order valence-electron chi connectivity index (χ0n) is 15.0. The summed E-state index contributed by atoms with van der Waals surface area (Å²) < 4.78 is 6.31. The molecule has 8 nitrogen and oxygen atoms in total. The third kappa shape index (κ3) is 4.33. The number of methoxy groups -OCH3 is 1. The van der Waals surface area contributed by atoms with Crippen molar-refractivity contribution < 1.29 is 19.4 Å². The fourth-order valence-corrected chi connectivity index (χ4v) is 3.13. The molecule has 1 aliphatic rings. The monoisotopic (exact) mass is 371 g/mol. The van der Waals surface area contributed by atoms with Crippen LogP contribution in [0.3, 0.4) is 0 Å². The number of hydrogen-bond acceptors (Lipinski definition) is 5. The molecule has 1 unspecified atom stereocenters. The Morgan fingerprint density at radius 1 is 1.30 bits per heavy atom. The van der Waals surface area contributed by atoms with Gasteiger partial charge in [-0.15, -0.1) is 0 Å². The normalized spacial score (nSPS) is 16.8. The Hall–Kier alpha value is -3.16. The van der Waals surface area contributed by atoms with Gasteiger partial charge in [-0.1, -0.05) is 12.1 Å².